The predicted molar refractivity (Wildman–Crippen MR) is 96.4 cm³/mol. The van der Waals surface area contributed by atoms with Crippen LogP contribution in [0.4, 0.5) is 0 Å². The lowest BCUT2D eigenvalue weighted by atomic mass is 10.1. The summed E-state index contributed by atoms with van der Waals surface area (Å²) >= 11 is 0. The normalized spacial score (nSPS) is 10.2. The Labute approximate surface area is 161 Å². The highest BCUT2D eigenvalue weighted by Gasteiger charge is 2.11. The van der Waals surface area contributed by atoms with Gasteiger partial charge in [-0.25, -0.2) is 0 Å². The highest BCUT2D eigenvalue weighted by Crippen LogP contribution is 2.18. The van der Waals surface area contributed by atoms with Crippen LogP contribution in [-0.2, 0) is 36.9 Å². The van der Waals surface area contributed by atoms with Gasteiger partial charge in [0.25, 0.3) is 5.91 Å². The summed E-state index contributed by atoms with van der Waals surface area (Å²) in [6.45, 7) is 3.27. The highest BCUT2D eigenvalue weighted by atomic mass is 16.5. The lowest BCUT2D eigenvalue weighted by Crippen LogP contribution is -2.33. The zero-order valence-corrected chi connectivity index (χ0v) is 15.9. The molecule has 0 fully saturated rings. The van der Waals surface area contributed by atoms with Gasteiger partial charge in [0.15, 0.2) is 6.61 Å². The second-order valence-corrected chi connectivity index (χ2v) is 5.93. The molecule has 0 bridgehead atoms. The molecule has 9 heteroatoms. The van der Waals surface area contributed by atoms with Crippen LogP contribution < -0.4 is 10.1 Å². The van der Waals surface area contributed by atoms with E-state index in [1.807, 2.05) is 13.8 Å². The van der Waals surface area contributed by atoms with Crippen LogP contribution in [0.1, 0.15) is 22.6 Å². The number of aromatic nitrogens is 1. The number of methoxy groups -OCH3 is 1. The summed E-state index contributed by atoms with van der Waals surface area (Å²) in [5.41, 5.74) is 2.40. The Morgan fingerprint density at radius 3 is 2.43 bits per heavy atom. The number of nitrogens with one attached hydrogen (secondary N) is 1. The van der Waals surface area contributed by atoms with E-state index in [2.05, 4.69) is 15.2 Å². The van der Waals surface area contributed by atoms with Gasteiger partial charge in [-0.05, 0) is 31.5 Å². The number of nitrogens with zero attached hydrogens (tertiary/aromatic N) is 1. The first kappa shape index (κ1) is 20.9. The number of benzene rings is 1. The molecule has 0 saturated heterocycles. The highest BCUT2D eigenvalue weighted by molar-refractivity contribution is 5.84. The van der Waals surface area contributed by atoms with Gasteiger partial charge in [0, 0.05) is 0 Å². The molecule has 1 aromatic heterocycles. The molecule has 0 radical (unpaired) electrons. The maximum Gasteiger partial charge on any atom is 0.325 e. The number of esters is 2. The third kappa shape index (κ3) is 6.42. The lowest BCUT2D eigenvalue weighted by Gasteiger charge is -2.08. The third-order valence-electron chi connectivity index (χ3n) is 3.86. The molecule has 2 rings (SSSR count). The van der Waals surface area contributed by atoms with E-state index in [0.717, 1.165) is 11.3 Å². The number of hydrogen-bond acceptors (Lipinski definition) is 8. The minimum Gasteiger partial charge on any atom is -0.489 e. The molecule has 1 aromatic carbocycles. The van der Waals surface area contributed by atoms with Gasteiger partial charge in [0.1, 0.15) is 24.7 Å². The number of rotatable bonds is 9. The molecule has 1 amide bonds. The predicted octanol–water partition coefficient (Wildman–Crippen LogP) is 1.25. The summed E-state index contributed by atoms with van der Waals surface area (Å²) in [5, 5.41) is 6.15. The van der Waals surface area contributed by atoms with Crippen LogP contribution in [0, 0.1) is 13.8 Å². The van der Waals surface area contributed by atoms with Gasteiger partial charge >= 0.3 is 11.9 Å². The van der Waals surface area contributed by atoms with E-state index in [0.29, 0.717) is 23.7 Å². The Morgan fingerprint density at radius 2 is 1.82 bits per heavy atom. The van der Waals surface area contributed by atoms with E-state index < -0.39 is 24.5 Å². The summed E-state index contributed by atoms with van der Waals surface area (Å²) in [4.78, 5) is 34.2. The SMILES string of the molecule is COC(=O)CNC(=O)COC(=O)Cc1ccc(OCc2c(C)noc2C)cc1. The fourth-order valence-corrected chi connectivity index (χ4v) is 2.22. The summed E-state index contributed by atoms with van der Waals surface area (Å²) in [5.74, 6) is -0.373. The van der Waals surface area contributed by atoms with Crippen molar-refractivity contribution in [2.75, 3.05) is 20.3 Å². The first-order chi connectivity index (χ1) is 13.4. The van der Waals surface area contributed by atoms with E-state index in [1.54, 1.807) is 24.3 Å². The van der Waals surface area contributed by atoms with Gasteiger partial charge in [-0.15, -0.1) is 0 Å². The number of hydrogen-bond donors (Lipinski definition) is 1. The Morgan fingerprint density at radius 1 is 1.11 bits per heavy atom. The van der Waals surface area contributed by atoms with Crippen molar-refractivity contribution in [2.24, 2.45) is 0 Å². The second-order valence-electron chi connectivity index (χ2n) is 5.93. The van der Waals surface area contributed by atoms with Crippen LogP contribution in [0.5, 0.6) is 5.75 Å². The van der Waals surface area contributed by atoms with Crippen LogP contribution >= 0.6 is 0 Å². The molecular weight excluding hydrogens is 368 g/mol. The summed E-state index contributed by atoms with van der Waals surface area (Å²) < 4.78 is 20.0. The van der Waals surface area contributed by atoms with Crippen molar-refractivity contribution < 1.29 is 33.1 Å². The molecule has 0 aliphatic rings. The average Bonchev–Trinajstić information content (AvgIpc) is 3.01. The van der Waals surface area contributed by atoms with E-state index in [-0.39, 0.29) is 13.0 Å². The topological polar surface area (TPSA) is 117 Å². The van der Waals surface area contributed by atoms with E-state index in [9.17, 15) is 14.4 Å². The van der Waals surface area contributed by atoms with Gasteiger partial charge in [-0.3, -0.25) is 14.4 Å². The monoisotopic (exact) mass is 390 g/mol. The minimum absolute atomic E-state index is 0.00836. The smallest absolute Gasteiger partial charge is 0.325 e. The number of ether oxygens (including phenoxy) is 3. The molecule has 9 nitrogen and oxygen atoms in total. The van der Waals surface area contributed by atoms with Gasteiger partial charge in [0.05, 0.1) is 24.8 Å². The van der Waals surface area contributed by atoms with Crippen molar-refractivity contribution in [3.8, 4) is 5.75 Å². The summed E-state index contributed by atoms with van der Waals surface area (Å²) in [6.07, 6.45) is 0.00836. The molecule has 150 valence electrons. The third-order valence-corrected chi connectivity index (χ3v) is 3.86. The van der Waals surface area contributed by atoms with E-state index >= 15 is 0 Å². The molecule has 2 aromatic rings. The zero-order valence-electron chi connectivity index (χ0n) is 15.9. The number of amides is 1. The maximum absolute atomic E-state index is 11.8. The first-order valence-electron chi connectivity index (χ1n) is 8.51. The van der Waals surface area contributed by atoms with Gasteiger partial charge in [0.2, 0.25) is 0 Å². The first-order valence-corrected chi connectivity index (χ1v) is 8.51. The van der Waals surface area contributed by atoms with Crippen LogP contribution in [0.25, 0.3) is 0 Å². The number of aryl methyl sites for hydroxylation is 2. The maximum atomic E-state index is 11.8. The quantitative estimate of drug-likeness (QED) is 0.636. The fourth-order valence-electron chi connectivity index (χ4n) is 2.22. The Hall–Kier alpha value is -3.36. The Bertz CT molecular complexity index is 808. The molecule has 0 atom stereocenters. The van der Waals surface area contributed by atoms with Crippen LogP contribution in [0.15, 0.2) is 28.8 Å². The second kappa shape index (κ2) is 10.1. The van der Waals surface area contributed by atoms with Crippen molar-refractivity contribution in [1.82, 2.24) is 10.5 Å². The fraction of sp³-hybridized carbons (Fsp3) is 0.368. The summed E-state index contributed by atoms with van der Waals surface area (Å²) in [6, 6.07) is 6.95. The number of carbonyl (C=O) groups is 3. The van der Waals surface area contributed by atoms with Crippen molar-refractivity contribution in [3.05, 3.63) is 46.8 Å². The Kier molecular flexibility index (Phi) is 7.55. The van der Waals surface area contributed by atoms with Crippen LogP contribution in [0.3, 0.4) is 0 Å². The van der Waals surface area contributed by atoms with Crippen LogP contribution in [0.2, 0.25) is 0 Å². The lowest BCUT2D eigenvalue weighted by molar-refractivity contribution is -0.148. The standard InChI is InChI=1S/C19H22N2O7/c1-12-16(13(2)28-21-12)10-26-15-6-4-14(5-7-15)8-18(23)27-11-17(22)20-9-19(24)25-3/h4-7H,8-11H2,1-3H3,(H,20,22). The zero-order chi connectivity index (χ0) is 20.5. The van der Waals surface area contributed by atoms with Crippen molar-refractivity contribution >= 4 is 17.8 Å². The van der Waals surface area contributed by atoms with Gasteiger partial charge < -0.3 is 24.1 Å². The van der Waals surface area contributed by atoms with Gasteiger partial charge in [-0.1, -0.05) is 17.3 Å². The minimum atomic E-state index is -0.587. The van der Waals surface area contributed by atoms with Crippen molar-refractivity contribution in [2.45, 2.75) is 26.9 Å². The van der Waals surface area contributed by atoms with E-state index in [1.165, 1.54) is 7.11 Å². The average molecular weight is 390 g/mol. The van der Waals surface area contributed by atoms with E-state index in [4.69, 9.17) is 14.0 Å². The summed E-state index contributed by atoms with van der Waals surface area (Å²) in [7, 11) is 1.21. The molecule has 1 N–H and O–H groups in total. The molecule has 0 aliphatic carbocycles. The Balaban J connectivity index is 1.75. The molecular formula is C19H22N2O7. The molecule has 1 heterocycles. The molecule has 0 aliphatic heterocycles. The number of carbonyl (C=O) groups excluding carboxylic acids is 3. The molecule has 0 spiro atoms. The molecule has 0 unspecified atom stereocenters. The van der Waals surface area contributed by atoms with Gasteiger partial charge in [-0.2, -0.15) is 0 Å². The molecule has 0 saturated carbocycles. The van der Waals surface area contributed by atoms with Crippen molar-refractivity contribution in [1.29, 1.82) is 0 Å². The van der Waals surface area contributed by atoms with Crippen LogP contribution in [-0.4, -0.2) is 43.3 Å². The largest absolute Gasteiger partial charge is 0.489 e. The molecule has 28 heavy (non-hydrogen) atoms. The van der Waals surface area contributed by atoms with Crippen molar-refractivity contribution in [3.63, 3.8) is 0 Å².